The Morgan fingerprint density at radius 3 is 1.85 bits per heavy atom. The van der Waals surface area contributed by atoms with E-state index in [2.05, 4.69) is 23.1 Å². The summed E-state index contributed by atoms with van der Waals surface area (Å²) in [6.45, 7) is 3.69. The van der Waals surface area contributed by atoms with Gasteiger partial charge in [0.15, 0.2) is 23.0 Å². The third kappa shape index (κ3) is 7.31. The number of likely N-dealkylation sites (tertiary alicyclic amines) is 1. The van der Waals surface area contributed by atoms with E-state index in [1.165, 1.54) is 5.56 Å². The molecule has 41 heavy (non-hydrogen) atoms. The van der Waals surface area contributed by atoms with Crippen LogP contribution in [0.25, 0.3) is 0 Å². The summed E-state index contributed by atoms with van der Waals surface area (Å²) >= 11 is 0. The van der Waals surface area contributed by atoms with Gasteiger partial charge in [0.05, 0.1) is 35.5 Å². The summed E-state index contributed by atoms with van der Waals surface area (Å²) in [7, 11) is 8.22. The first-order valence-electron chi connectivity index (χ1n) is 13.9. The SMILES string of the molecule is COc1ccc([C@@H]2CC(=NCCc3ccc(OC)c(OC)c3)[C@](C)(O)CN2CCc2ccc(OC)c(OC)c2)cc1. The van der Waals surface area contributed by atoms with Gasteiger partial charge in [0.2, 0.25) is 0 Å². The lowest BCUT2D eigenvalue weighted by molar-refractivity contribution is 0.0369. The summed E-state index contributed by atoms with van der Waals surface area (Å²) in [5, 5.41) is 11.6. The molecular formula is C33H42N2O6. The number of methoxy groups -OCH3 is 5. The number of β-amino-alcohol motifs (C(OH)–C–C–N with tert-alkyl or cyclic N) is 1. The van der Waals surface area contributed by atoms with Gasteiger partial charge in [-0.05, 0) is 72.9 Å². The van der Waals surface area contributed by atoms with Gasteiger partial charge in [0.1, 0.15) is 11.4 Å². The zero-order chi connectivity index (χ0) is 29.4. The van der Waals surface area contributed by atoms with Crippen molar-refractivity contribution >= 4 is 5.71 Å². The van der Waals surface area contributed by atoms with Gasteiger partial charge in [-0.25, -0.2) is 0 Å². The first kappa shape index (κ1) is 30.2. The Hall–Kier alpha value is -3.75. The minimum absolute atomic E-state index is 0.0705. The van der Waals surface area contributed by atoms with Crippen molar-refractivity contribution in [1.29, 1.82) is 0 Å². The minimum atomic E-state index is -1.04. The van der Waals surface area contributed by atoms with Crippen LogP contribution in [-0.2, 0) is 12.8 Å². The molecule has 1 aliphatic rings. The monoisotopic (exact) mass is 562 g/mol. The van der Waals surface area contributed by atoms with Crippen LogP contribution in [0.5, 0.6) is 28.7 Å². The normalized spacial score (nSPS) is 20.1. The van der Waals surface area contributed by atoms with Crippen LogP contribution in [0.1, 0.15) is 36.1 Å². The molecular weight excluding hydrogens is 520 g/mol. The van der Waals surface area contributed by atoms with Gasteiger partial charge in [-0.2, -0.15) is 0 Å². The molecule has 8 heteroatoms. The highest BCUT2D eigenvalue weighted by Gasteiger charge is 2.40. The highest BCUT2D eigenvalue weighted by atomic mass is 16.5. The maximum absolute atomic E-state index is 11.6. The van der Waals surface area contributed by atoms with Crippen molar-refractivity contribution in [2.24, 2.45) is 4.99 Å². The van der Waals surface area contributed by atoms with Gasteiger partial charge >= 0.3 is 0 Å². The number of piperidine rings is 1. The Morgan fingerprint density at radius 2 is 1.32 bits per heavy atom. The summed E-state index contributed by atoms with van der Waals surface area (Å²) < 4.78 is 27.1. The second-order valence-electron chi connectivity index (χ2n) is 10.4. The number of benzene rings is 3. The highest BCUT2D eigenvalue weighted by Crippen LogP contribution is 2.36. The van der Waals surface area contributed by atoms with Crippen LogP contribution in [0, 0.1) is 0 Å². The van der Waals surface area contributed by atoms with Crippen LogP contribution in [0.3, 0.4) is 0 Å². The Bertz CT molecular complexity index is 1320. The van der Waals surface area contributed by atoms with E-state index in [4.69, 9.17) is 28.7 Å². The molecule has 0 saturated carbocycles. The van der Waals surface area contributed by atoms with Crippen LogP contribution in [0.15, 0.2) is 65.7 Å². The first-order chi connectivity index (χ1) is 19.8. The largest absolute Gasteiger partial charge is 0.497 e. The molecule has 1 saturated heterocycles. The van der Waals surface area contributed by atoms with E-state index in [1.807, 2.05) is 49.4 Å². The molecule has 4 rings (SSSR count). The number of hydrogen-bond donors (Lipinski definition) is 1. The Kier molecular flexibility index (Phi) is 10.1. The predicted octanol–water partition coefficient (Wildman–Crippen LogP) is 5.15. The molecule has 3 aromatic rings. The van der Waals surface area contributed by atoms with E-state index in [-0.39, 0.29) is 6.04 Å². The molecule has 1 fully saturated rings. The van der Waals surface area contributed by atoms with E-state index in [9.17, 15) is 5.11 Å². The molecule has 0 aromatic heterocycles. The molecule has 0 bridgehead atoms. The molecule has 0 aliphatic carbocycles. The number of rotatable bonds is 12. The highest BCUT2D eigenvalue weighted by molar-refractivity contribution is 5.93. The lowest BCUT2D eigenvalue weighted by Gasteiger charge is -2.44. The smallest absolute Gasteiger partial charge is 0.160 e. The van der Waals surface area contributed by atoms with Crippen LogP contribution in [0.2, 0.25) is 0 Å². The van der Waals surface area contributed by atoms with Crippen LogP contribution >= 0.6 is 0 Å². The average Bonchev–Trinajstić information content (AvgIpc) is 3.00. The molecule has 1 aliphatic heterocycles. The van der Waals surface area contributed by atoms with E-state index in [0.717, 1.165) is 42.0 Å². The van der Waals surface area contributed by atoms with Crippen molar-refractivity contribution in [2.75, 3.05) is 55.2 Å². The number of ether oxygens (including phenoxy) is 5. The second-order valence-corrected chi connectivity index (χ2v) is 10.4. The van der Waals surface area contributed by atoms with Crippen molar-refractivity contribution in [1.82, 2.24) is 4.90 Å². The van der Waals surface area contributed by atoms with Crippen LogP contribution in [-0.4, -0.2) is 76.5 Å². The van der Waals surface area contributed by atoms with Crippen molar-refractivity contribution in [3.8, 4) is 28.7 Å². The van der Waals surface area contributed by atoms with Crippen molar-refractivity contribution in [3.63, 3.8) is 0 Å². The predicted molar refractivity (Wildman–Crippen MR) is 161 cm³/mol. The average molecular weight is 563 g/mol. The fourth-order valence-electron chi connectivity index (χ4n) is 5.42. The molecule has 0 spiro atoms. The summed E-state index contributed by atoms with van der Waals surface area (Å²) in [5.74, 6) is 3.64. The molecule has 1 heterocycles. The zero-order valence-electron chi connectivity index (χ0n) is 25.0. The molecule has 1 N–H and O–H groups in total. The van der Waals surface area contributed by atoms with E-state index in [1.54, 1.807) is 35.5 Å². The number of aliphatic imine (C=N–C) groups is 1. The van der Waals surface area contributed by atoms with Crippen molar-refractivity contribution in [2.45, 2.75) is 37.8 Å². The maximum Gasteiger partial charge on any atom is 0.160 e. The van der Waals surface area contributed by atoms with Crippen molar-refractivity contribution in [3.05, 3.63) is 77.4 Å². The molecule has 2 atom stereocenters. The summed E-state index contributed by atoms with van der Waals surface area (Å²) in [6.07, 6.45) is 2.17. The zero-order valence-corrected chi connectivity index (χ0v) is 25.0. The van der Waals surface area contributed by atoms with Gasteiger partial charge in [-0.1, -0.05) is 24.3 Å². The molecule has 3 aromatic carbocycles. The minimum Gasteiger partial charge on any atom is -0.497 e. The van der Waals surface area contributed by atoms with Crippen LogP contribution in [0.4, 0.5) is 0 Å². The maximum atomic E-state index is 11.6. The summed E-state index contributed by atoms with van der Waals surface area (Å²) in [4.78, 5) is 7.30. The molecule has 0 radical (unpaired) electrons. The first-order valence-corrected chi connectivity index (χ1v) is 13.9. The quantitative estimate of drug-likeness (QED) is 0.327. The summed E-state index contributed by atoms with van der Waals surface area (Å²) in [6, 6.07) is 20.2. The lowest BCUT2D eigenvalue weighted by atomic mass is 9.84. The Morgan fingerprint density at radius 1 is 0.756 bits per heavy atom. The van der Waals surface area contributed by atoms with Gasteiger partial charge in [0, 0.05) is 37.8 Å². The molecule has 0 unspecified atom stereocenters. The third-order valence-electron chi connectivity index (χ3n) is 7.75. The lowest BCUT2D eigenvalue weighted by Crippen LogP contribution is -2.54. The van der Waals surface area contributed by atoms with Gasteiger partial charge in [-0.15, -0.1) is 0 Å². The van der Waals surface area contributed by atoms with E-state index in [0.29, 0.717) is 42.5 Å². The fourth-order valence-corrected chi connectivity index (χ4v) is 5.42. The van der Waals surface area contributed by atoms with Gasteiger partial charge < -0.3 is 28.8 Å². The van der Waals surface area contributed by atoms with E-state index >= 15 is 0 Å². The van der Waals surface area contributed by atoms with E-state index < -0.39 is 5.60 Å². The number of hydrogen-bond acceptors (Lipinski definition) is 8. The second kappa shape index (κ2) is 13.7. The topological polar surface area (TPSA) is 82.0 Å². The standard InChI is InChI=1S/C33H42N2O6/c1-33(36)22-35(18-16-24-8-14-29(39-4)31(20-24)41-6)27(25-9-11-26(37-2)12-10-25)21-32(33)34-17-15-23-7-13-28(38-3)30(19-23)40-5/h7-14,19-20,27,36H,15-18,21-22H2,1-6H3/t27-,33+/m0/s1. The molecule has 0 amide bonds. The van der Waals surface area contributed by atoms with Crippen molar-refractivity contribution < 1.29 is 28.8 Å². The third-order valence-corrected chi connectivity index (χ3v) is 7.75. The molecule has 220 valence electrons. The Balaban J connectivity index is 1.54. The van der Waals surface area contributed by atoms with Crippen LogP contribution < -0.4 is 23.7 Å². The Labute approximate surface area is 243 Å². The number of nitrogens with zero attached hydrogens (tertiary/aromatic N) is 2. The molecule has 8 nitrogen and oxygen atoms in total. The summed E-state index contributed by atoms with van der Waals surface area (Å²) in [5.41, 5.74) is 3.19. The number of aliphatic hydroxyl groups is 1. The van der Waals surface area contributed by atoms with Gasteiger partial charge in [0.25, 0.3) is 0 Å². The fraction of sp³-hybridized carbons (Fsp3) is 0.424. The van der Waals surface area contributed by atoms with Gasteiger partial charge in [-0.3, -0.25) is 9.89 Å².